The van der Waals surface area contributed by atoms with Gasteiger partial charge in [-0.05, 0) is 62.2 Å². The van der Waals surface area contributed by atoms with Gasteiger partial charge in [0, 0.05) is 38.0 Å². The van der Waals surface area contributed by atoms with E-state index < -0.39 is 0 Å². The molecule has 0 spiro atoms. The van der Waals surface area contributed by atoms with Crippen LogP contribution in [0.3, 0.4) is 0 Å². The molecule has 0 atom stereocenters. The molecule has 2 aromatic carbocycles. The molecule has 2 amide bonds. The number of benzene rings is 2. The number of hydrogen-bond donors (Lipinski definition) is 2. The first-order valence-electron chi connectivity index (χ1n) is 11.7. The summed E-state index contributed by atoms with van der Waals surface area (Å²) in [5, 5.41) is 5.76. The molecular weight excluding hydrogens is 450 g/mol. The van der Waals surface area contributed by atoms with Gasteiger partial charge in [-0.15, -0.1) is 11.8 Å². The number of likely N-dealkylation sites (N-methyl/N-ethyl adjacent to an activating group) is 1. The molecule has 2 N–H and O–H groups in total. The zero-order valence-electron chi connectivity index (χ0n) is 20.0. The molecule has 1 fully saturated rings. The highest BCUT2D eigenvalue weighted by molar-refractivity contribution is 8.00. The maximum absolute atomic E-state index is 12.2. The Morgan fingerprint density at radius 3 is 2.65 bits per heavy atom. The number of nitrogens with one attached hydrogen (secondary N) is 2. The van der Waals surface area contributed by atoms with Crippen molar-refractivity contribution in [3.05, 3.63) is 59.7 Å². The quantitative estimate of drug-likeness (QED) is 0.479. The van der Waals surface area contributed by atoms with Crippen LogP contribution < -0.4 is 15.4 Å². The molecule has 7 nitrogen and oxygen atoms in total. The lowest BCUT2D eigenvalue weighted by molar-refractivity contribution is -0.118. The monoisotopic (exact) mass is 485 g/mol. The number of thioether (sulfide) groups is 1. The van der Waals surface area contributed by atoms with Gasteiger partial charge in [0.15, 0.2) is 0 Å². The Kier molecular flexibility index (Phi) is 10.7. The number of carbonyl (C=O) groups excluding carboxylic acids is 2. The van der Waals surface area contributed by atoms with E-state index in [4.69, 9.17) is 9.47 Å². The number of nitrogens with zero attached hydrogens (tertiary/aromatic N) is 1. The predicted octanol–water partition coefficient (Wildman–Crippen LogP) is 3.47. The van der Waals surface area contributed by atoms with Crippen LogP contribution >= 0.6 is 11.8 Å². The molecule has 34 heavy (non-hydrogen) atoms. The lowest BCUT2D eigenvalue weighted by atomic mass is 10.1. The van der Waals surface area contributed by atoms with E-state index in [0.717, 1.165) is 55.2 Å². The van der Waals surface area contributed by atoms with Gasteiger partial charge in [0.1, 0.15) is 12.4 Å². The second-order valence-electron chi connectivity index (χ2n) is 8.51. The summed E-state index contributed by atoms with van der Waals surface area (Å²) in [6, 6.07) is 16.0. The van der Waals surface area contributed by atoms with Crippen LogP contribution in [-0.4, -0.2) is 67.7 Å². The van der Waals surface area contributed by atoms with Gasteiger partial charge in [0.2, 0.25) is 11.8 Å². The van der Waals surface area contributed by atoms with Crippen LogP contribution in [0.25, 0.3) is 0 Å². The number of amides is 2. The average molecular weight is 486 g/mol. The molecule has 0 bridgehead atoms. The van der Waals surface area contributed by atoms with Gasteiger partial charge in [-0.1, -0.05) is 24.3 Å². The van der Waals surface area contributed by atoms with Gasteiger partial charge < -0.3 is 20.1 Å². The molecule has 3 rings (SSSR count). The number of aryl methyl sites for hydroxylation is 1. The highest BCUT2D eigenvalue weighted by Gasteiger charge is 2.18. The van der Waals surface area contributed by atoms with Gasteiger partial charge in [-0.25, -0.2) is 0 Å². The molecule has 1 aliphatic rings. The summed E-state index contributed by atoms with van der Waals surface area (Å²) in [5.74, 6) is 1.05. The largest absolute Gasteiger partial charge is 0.492 e. The predicted molar refractivity (Wildman–Crippen MR) is 137 cm³/mol. The van der Waals surface area contributed by atoms with E-state index in [1.807, 2.05) is 55.5 Å². The Morgan fingerprint density at radius 2 is 1.85 bits per heavy atom. The third-order valence-corrected chi connectivity index (χ3v) is 6.62. The molecule has 0 aromatic heterocycles. The van der Waals surface area contributed by atoms with Crippen molar-refractivity contribution in [3.8, 4) is 5.75 Å². The van der Waals surface area contributed by atoms with Crippen LogP contribution in [0.15, 0.2) is 48.5 Å². The SMILES string of the molecule is Cc1cccc(NC(=O)CSCC(=O)NCc2cccc(OCCN(C)C3CCOCC3)c2)c1. The van der Waals surface area contributed by atoms with E-state index >= 15 is 0 Å². The van der Waals surface area contributed by atoms with Gasteiger partial charge >= 0.3 is 0 Å². The Bertz CT molecular complexity index is 934. The van der Waals surface area contributed by atoms with Crippen molar-refractivity contribution in [2.75, 3.05) is 50.2 Å². The molecule has 184 valence electrons. The molecule has 8 heteroatoms. The van der Waals surface area contributed by atoms with Crippen molar-refractivity contribution in [3.63, 3.8) is 0 Å². The first kappa shape index (κ1) is 26.1. The van der Waals surface area contributed by atoms with Gasteiger partial charge in [0.05, 0.1) is 11.5 Å². The van der Waals surface area contributed by atoms with Crippen LogP contribution in [0.5, 0.6) is 5.75 Å². The average Bonchev–Trinajstić information content (AvgIpc) is 2.83. The Hall–Kier alpha value is -2.55. The van der Waals surface area contributed by atoms with Gasteiger partial charge in [-0.3, -0.25) is 14.5 Å². The molecule has 0 unspecified atom stereocenters. The first-order chi connectivity index (χ1) is 16.5. The summed E-state index contributed by atoms with van der Waals surface area (Å²) in [7, 11) is 2.13. The third kappa shape index (κ3) is 9.37. The molecular formula is C26H35N3O4S. The normalized spacial score (nSPS) is 14.1. The summed E-state index contributed by atoms with van der Waals surface area (Å²) >= 11 is 1.30. The highest BCUT2D eigenvalue weighted by atomic mass is 32.2. The minimum Gasteiger partial charge on any atom is -0.492 e. The topological polar surface area (TPSA) is 79.9 Å². The third-order valence-electron chi connectivity index (χ3n) is 5.68. The minimum atomic E-state index is -0.115. The van der Waals surface area contributed by atoms with Crippen molar-refractivity contribution in [1.29, 1.82) is 0 Å². The Labute approximate surface area is 206 Å². The maximum Gasteiger partial charge on any atom is 0.234 e. The zero-order valence-corrected chi connectivity index (χ0v) is 20.9. The first-order valence-corrected chi connectivity index (χ1v) is 12.9. The molecule has 2 aromatic rings. The highest BCUT2D eigenvalue weighted by Crippen LogP contribution is 2.15. The summed E-state index contributed by atoms with van der Waals surface area (Å²) in [6.07, 6.45) is 2.14. The zero-order chi connectivity index (χ0) is 24.2. The van der Waals surface area contributed by atoms with Crippen molar-refractivity contribution in [2.24, 2.45) is 0 Å². The lowest BCUT2D eigenvalue weighted by Gasteiger charge is -2.31. The van der Waals surface area contributed by atoms with Crippen LogP contribution in [0.1, 0.15) is 24.0 Å². The van der Waals surface area contributed by atoms with Crippen LogP contribution in [-0.2, 0) is 20.9 Å². The van der Waals surface area contributed by atoms with E-state index in [9.17, 15) is 9.59 Å². The van der Waals surface area contributed by atoms with E-state index in [1.54, 1.807) is 0 Å². The molecule has 0 saturated carbocycles. The number of carbonyl (C=O) groups is 2. The molecule has 0 radical (unpaired) electrons. The molecule has 0 aliphatic carbocycles. The van der Waals surface area contributed by atoms with Crippen LogP contribution in [0.4, 0.5) is 5.69 Å². The molecule has 1 saturated heterocycles. The maximum atomic E-state index is 12.2. The number of anilines is 1. The summed E-state index contributed by atoms with van der Waals surface area (Å²) < 4.78 is 11.4. The lowest BCUT2D eigenvalue weighted by Crippen LogP contribution is -2.38. The Balaban J connectivity index is 1.31. The van der Waals surface area contributed by atoms with Crippen LogP contribution in [0, 0.1) is 6.92 Å². The smallest absolute Gasteiger partial charge is 0.234 e. The van der Waals surface area contributed by atoms with Crippen molar-refractivity contribution in [1.82, 2.24) is 10.2 Å². The summed E-state index contributed by atoms with van der Waals surface area (Å²) in [6.45, 7) is 5.55. The van der Waals surface area contributed by atoms with Crippen molar-refractivity contribution in [2.45, 2.75) is 32.4 Å². The van der Waals surface area contributed by atoms with Crippen molar-refractivity contribution < 1.29 is 19.1 Å². The standard InChI is InChI=1S/C26H35N3O4S/c1-20-5-3-7-22(15-20)28-26(31)19-34-18-25(30)27-17-21-6-4-8-24(16-21)33-14-11-29(2)23-9-12-32-13-10-23/h3-8,15-16,23H,9-14,17-19H2,1-2H3,(H,27,30)(H,28,31). The van der Waals surface area contributed by atoms with E-state index in [0.29, 0.717) is 19.2 Å². The second-order valence-corrected chi connectivity index (χ2v) is 9.49. The van der Waals surface area contributed by atoms with Crippen molar-refractivity contribution >= 4 is 29.3 Å². The van der Waals surface area contributed by atoms with Gasteiger partial charge in [-0.2, -0.15) is 0 Å². The Morgan fingerprint density at radius 1 is 1.09 bits per heavy atom. The van der Waals surface area contributed by atoms with E-state index in [-0.39, 0.29) is 23.3 Å². The fraction of sp³-hybridized carbons (Fsp3) is 0.462. The fourth-order valence-corrected chi connectivity index (χ4v) is 4.42. The fourth-order valence-electron chi connectivity index (χ4n) is 3.77. The van der Waals surface area contributed by atoms with Gasteiger partial charge in [0.25, 0.3) is 0 Å². The molecule has 1 heterocycles. The number of hydrogen-bond acceptors (Lipinski definition) is 6. The van der Waals surface area contributed by atoms with Crippen LogP contribution in [0.2, 0.25) is 0 Å². The minimum absolute atomic E-state index is 0.0993. The molecule has 1 aliphatic heterocycles. The number of rotatable bonds is 12. The number of ether oxygens (including phenoxy) is 2. The van der Waals surface area contributed by atoms with E-state index in [1.165, 1.54) is 11.8 Å². The van der Waals surface area contributed by atoms with E-state index in [2.05, 4.69) is 22.6 Å². The second kappa shape index (κ2) is 14.0. The summed E-state index contributed by atoms with van der Waals surface area (Å²) in [4.78, 5) is 26.6. The summed E-state index contributed by atoms with van der Waals surface area (Å²) in [5.41, 5.74) is 2.83.